The largest absolute Gasteiger partial charge is 0.396 e. The third-order valence-electron chi connectivity index (χ3n) is 8.10. The second kappa shape index (κ2) is 9.12. The van der Waals surface area contributed by atoms with Crippen molar-refractivity contribution in [1.82, 2.24) is 14.4 Å². The molecule has 174 valence electrons. The van der Waals surface area contributed by atoms with Gasteiger partial charge in [0.2, 0.25) is 5.91 Å². The molecule has 0 unspecified atom stereocenters. The van der Waals surface area contributed by atoms with E-state index < -0.39 is 0 Å². The van der Waals surface area contributed by atoms with Crippen molar-refractivity contribution in [2.45, 2.75) is 51.2 Å². The summed E-state index contributed by atoms with van der Waals surface area (Å²) in [6, 6.07) is 3.78. The van der Waals surface area contributed by atoms with E-state index in [0.717, 1.165) is 12.2 Å². The topological polar surface area (TPSA) is 75.0 Å². The smallest absolute Gasteiger partial charge is 0.258 e. The number of pyridine rings is 1. The molecule has 1 aromatic heterocycles. The van der Waals surface area contributed by atoms with Crippen molar-refractivity contribution >= 4 is 12.0 Å². The summed E-state index contributed by atoms with van der Waals surface area (Å²) in [6.45, 7) is 5.68. The number of aliphatic hydroxyl groups excluding tert-OH is 1. The molecule has 0 aromatic carbocycles. The predicted octanol–water partition coefficient (Wildman–Crippen LogP) is 1.89. The molecule has 4 aliphatic rings. The Kier molecular flexibility index (Phi) is 6.23. The molecule has 1 saturated carbocycles. The number of morpholine rings is 1. The number of aromatic nitrogens is 1. The highest BCUT2D eigenvalue weighted by Gasteiger charge is 2.56. The summed E-state index contributed by atoms with van der Waals surface area (Å²) in [5.74, 6) is 0.248. The molecule has 1 amide bonds. The van der Waals surface area contributed by atoms with Gasteiger partial charge in [-0.05, 0) is 37.8 Å². The van der Waals surface area contributed by atoms with Crippen molar-refractivity contribution in [2.24, 2.45) is 17.8 Å². The van der Waals surface area contributed by atoms with Gasteiger partial charge in [0.25, 0.3) is 5.56 Å². The van der Waals surface area contributed by atoms with Crippen LogP contribution in [-0.4, -0.2) is 70.9 Å². The zero-order valence-corrected chi connectivity index (χ0v) is 19.0. The van der Waals surface area contributed by atoms with Gasteiger partial charge in [-0.25, -0.2) is 0 Å². The van der Waals surface area contributed by atoms with Crippen LogP contribution in [0, 0.1) is 17.8 Å². The molecule has 7 heteroatoms. The van der Waals surface area contributed by atoms with Crippen molar-refractivity contribution in [3.8, 4) is 0 Å². The average Bonchev–Trinajstić information content (AvgIpc) is 3.40. The number of carbonyl (C=O) groups is 1. The lowest BCUT2D eigenvalue weighted by atomic mass is 9.86. The minimum atomic E-state index is -0.328. The fraction of sp³-hybridized carbons (Fsp3) is 0.680. The third-order valence-corrected chi connectivity index (χ3v) is 8.10. The molecule has 32 heavy (non-hydrogen) atoms. The van der Waals surface area contributed by atoms with Crippen LogP contribution in [0.5, 0.6) is 0 Å². The van der Waals surface area contributed by atoms with E-state index in [2.05, 4.69) is 4.90 Å². The standard InChI is InChI=1S/C25H35N3O4/c1-2-5-18-8-9-20-23-22(25(31)26-10-12-32-13-11-26)19(16-29)21(15-28(20)24(18)30)27(23)14-17-6-3-4-7-17/h2,5,8-9,17,19,21-23,29H,3-4,6-7,10-16H2,1H3/b5-2+/t19-,21-,22+,23+/m0/s1. The number of aliphatic hydroxyl groups is 1. The number of fused-ring (bicyclic) bond motifs is 4. The minimum Gasteiger partial charge on any atom is -0.396 e. The highest BCUT2D eigenvalue weighted by molar-refractivity contribution is 5.81. The van der Waals surface area contributed by atoms with Crippen molar-refractivity contribution in [3.63, 3.8) is 0 Å². The van der Waals surface area contributed by atoms with E-state index in [4.69, 9.17) is 4.74 Å². The number of ether oxygens (including phenoxy) is 1. The Morgan fingerprint density at radius 2 is 1.97 bits per heavy atom. The third kappa shape index (κ3) is 3.64. The van der Waals surface area contributed by atoms with Crippen LogP contribution in [0.2, 0.25) is 0 Å². The Morgan fingerprint density at radius 1 is 1.22 bits per heavy atom. The van der Waals surface area contributed by atoms with Crippen molar-refractivity contribution in [2.75, 3.05) is 39.5 Å². The van der Waals surface area contributed by atoms with Crippen LogP contribution >= 0.6 is 0 Å². The van der Waals surface area contributed by atoms with Gasteiger partial charge >= 0.3 is 0 Å². The van der Waals surface area contributed by atoms with Gasteiger partial charge in [-0.3, -0.25) is 14.5 Å². The molecule has 4 heterocycles. The quantitative estimate of drug-likeness (QED) is 0.755. The van der Waals surface area contributed by atoms with E-state index in [1.165, 1.54) is 25.7 Å². The summed E-state index contributed by atoms with van der Waals surface area (Å²) < 4.78 is 7.34. The Balaban J connectivity index is 1.57. The van der Waals surface area contributed by atoms with Crippen molar-refractivity contribution in [3.05, 3.63) is 39.8 Å². The summed E-state index contributed by atoms with van der Waals surface area (Å²) in [6.07, 6.45) is 8.74. The first-order valence-corrected chi connectivity index (χ1v) is 12.2. The van der Waals surface area contributed by atoms with E-state index in [1.54, 1.807) is 0 Å². The molecule has 1 aromatic rings. The number of rotatable bonds is 5. The SMILES string of the molecule is C/C=C/c1ccc2n(c1=O)C[C@H]1[C@H](CO)[C@@H](C(=O)N3CCOCC3)[C@@H]2N1CC1CCCC1. The van der Waals surface area contributed by atoms with Crippen LogP contribution in [-0.2, 0) is 16.1 Å². The number of amides is 1. The van der Waals surface area contributed by atoms with Crippen LogP contribution in [0.15, 0.2) is 23.0 Å². The van der Waals surface area contributed by atoms with Crippen molar-refractivity contribution in [1.29, 1.82) is 0 Å². The molecule has 5 rings (SSSR count). The molecule has 2 saturated heterocycles. The van der Waals surface area contributed by atoms with Gasteiger partial charge < -0.3 is 19.3 Å². The van der Waals surface area contributed by atoms with Gasteiger partial charge in [0.05, 0.1) is 25.2 Å². The summed E-state index contributed by atoms with van der Waals surface area (Å²) in [4.78, 5) is 31.4. The van der Waals surface area contributed by atoms with E-state index in [-0.39, 0.29) is 42.0 Å². The van der Waals surface area contributed by atoms with Crippen LogP contribution in [0.3, 0.4) is 0 Å². The molecule has 7 nitrogen and oxygen atoms in total. The summed E-state index contributed by atoms with van der Waals surface area (Å²) >= 11 is 0. The van der Waals surface area contributed by atoms with Crippen LogP contribution < -0.4 is 5.56 Å². The number of hydrogen-bond acceptors (Lipinski definition) is 5. The molecular weight excluding hydrogens is 406 g/mol. The predicted molar refractivity (Wildman–Crippen MR) is 122 cm³/mol. The van der Waals surface area contributed by atoms with E-state index in [9.17, 15) is 14.7 Å². The van der Waals surface area contributed by atoms with E-state index in [1.807, 2.05) is 40.7 Å². The maximum absolute atomic E-state index is 13.8. The fourth-order valence-electron chi connectivity index (χ4n) is 6.56. The monoisotopic (exact) mass is 441 g/mol. The van der Waals surface area contributed by atoms with Crippen LogP contribution in [0.1, 0.15) is 49.9 Å². The Labute approximate surface area is 189 Å². The normalized spacial score (nSPS) is 30.9. The van der Waals surface area contributed by atoms with E-state index >= 15 is 0 Å². The van der Waals surface area contributed by atoms with Crippen LogP contribution in [0.4, 0.5) is 0 Å². The fourth-order valence-corrected chi connectivity index (χ4v) is 6.56. The highest BCUT2D eigenvalue weighted by atomic mass is 16.5. The molecule has 2 bridgehead atoms. The first-order chi connectivity index (χ1) is 15.6. The first kappa shape index (κ1) is 21.9. The number of carbonyl (C=O) groups excluding carboxylic acids is 1. The maximum atomic E-state index is 13.8. The summed E-state index contributed by atoms with van der Waals surface area (Å²) in [7, 11) is 0. The summed E-state index contributed by atoms with van der Waals surface area (Å²) in [5.41, 5.74) is 1.61. The lowest BCUT2D eigenvalue weighted by Gasteiger charge is -2.40. The Morgan fingerprint density at radius 3 is 2.66 bits per heavy atom. The molecular formula is C25H35N3O4. The van der Waals surface area contributed by atoms with Gasteiger partial charge in [0.1, 0.15) is 0 Å². The lowest BCUT2D eigenvalue weighted by Crippen LogP contribution is -2.48. The molecule has 3 aliphatic heterocycles. The number of nitrogens with zero attached hydrogens (tertiary/aromatic N) is 3. The number of hydrogen-bond donors (Lipinski definition) is 1. The molecule has 1 N–H and O–H groups in total. The average molecular weight is 442 g/mol. The molecule has 3 fully saturated rings. The number of allylic oxidation sites excluding steroid dienone is 1. The summed E-state index contributed by atoms with van der Waals surface area (Å²) in [5, 5.41) is 10.5. The Hall–Kier alpha value is -1.96. The zero-order chi connectivity index (χ0) is 22.2. The van der Waals surface area contributed by atoms with Crippen LogP contribution in [0.25, 0.3) is 6.08 Å². The lowest BCUT2D eigenvalue weighted by molar-refractivity contribution is -0.142. The second-order valence-corrected chi connectivity index (χ2v) is 9.80. The first-order valence-electron chi connectivity index (χ1n) is 12.2. The Bertz CT molecular complexity index is 930. The second-order valence-electron chi connectivity index (χ2n) is 9.80. The minimum absolute atomic E-state index is 0.00615. The van der Waals surface area contributed by atoms with Gasteiger partial charge in [-0.1, -0.05) is 25.0 Å². The van der Waals surface area contributed by atoms with Gasteiger partial charge in [-0.15, -0.1) is 0 Å². The molecule has 4 atom stereocenters. The van der Waals surface area contributed by atoms with Crippen molar-refractivity contribution < 1.29 is 14.6 Å². The van der Waals surface area contributed by atoms with Gasteiger partial charge in [0.15, 0.2) is 0 Å². The zero-order valence-electron chi connectivity index (χ0n) is 19.0. The highest BCUT2D eigenvalue weighted by Crippen LogP contribution is 2.49. The van der Waals surface area contributed by atoms with Gasteiger partial charge in [0, 0.05) is 56.0 Å². The maximum Gasteiger partial charge on any atom is 0.258 e. The molecule has 0 spiro atoms. The van der Waals surface area contributed by atoms with Gasteiger partial charge in [-0.2, -0.15) is 0 Å². The van der Waals surface area contributed by atoms with E-state index in [0.29, 0.717) is 44.3 Å². The molecule has 1 aliphatic carbocycles. The molecule has 0 radical (unpaired) electrons.